The van der Waals surface area contributed by atoms with E-state index in [0.29, 0.717) is 6.54 Å². The highest BCUT2D eigenvalue weighted by Crippen LogP contribution is 2.21. The Labute approximate surface area is 84.8 Å². The van der Waals surface area contributed by atoms with Gasteiger partial charge in [0.05, 0.1) is 0 Å². The molecule has 0 atom stereocenters. The normalized spacial score (nSPS) is 10.9. The predicted octanol–water partition coefficient (Wildman–Crippen LogP) is 1.48. The van der Waals surface area contributed by atoms with Crippen LogP contribution < -0.4 is 5.73 Å². The van der Waals surface area contributed by atoms with Crippen molar-refractivity contribution in [3.8, 4) is 0 Å². The molecule has 0 aliphatic heterocycles. The van der Waals surface area contributed by atoms with Gasteiger partial charge in [0, 0.05) is 19.8 Å². The van der Waals surface area contributed by atoms with Crippen LogP contribution in [0.15, 0.2) is 24.3 Å². The molecule has 3 nitrogen and oxygen atoms in total. The first kappa shape index (κ1) is 11.2. The van der Waals surface area contributed by atoms with Gasteiger partial charge in [-0.2, -0.15) is 0 Å². The zero-order chi connectivity index (χ0) is 10.4. The molecule has 1 aromatic rings. The summed E-state index contributed by atoms with van der Waals surface area (Å²) < 4.78 is 10.4. The van der Waals surface area contributed by atoms with E-state index in [4.69, 9.17) is 15.2 Å². The molecule has 0 aliphatic carbocycles. The number of rotatable bonds is 5. The van der Waals surface area contributed by atoms with E-state index in [2.05, 4.69) is 0 Å². The maximum atomic E-state index is 5.53. The van der Waals surface area contributed by atoms with Gasteiger partial charge in [-0.25, -0.2) is 0 Å². The van der Waals surface area contributed by atoms with Crippen molar-refractivity contribution in [3.05, 3.63) is 35.4 Å². The molecule has 0 amide bonds. The van der Waals surface area contributed by atoms with Crippen LogP contribution in [0.1, 0.15) is 17.4 Å². The van der Waals surface area contributed by atoms with Crippen molar-refractivity contribution in [2.75, 3.05) is 20.8 Å². The van der Waals surface area contributed by atoms with E-state index in [1.165, 1.54) is 5.56 Å². The third kappa shape index (κ3) is 2.54. The minimum Gasteiger partial charge on any atom is -0.352 e. The largest absolute Gasteiger partial charge is 0.352 e. The summed E-state index contributed by atoms with van der Waals surface area (Å²) in [6, 6.07) is 8.02. The maximum absolute atomic E-state index is 5.53. The molecule has 1 rings (SSSR count). The number of hydrogen-bond acceptors (Lipinski definition) is 3. The van der Waals surface area contributed by atoms with E-state index in [0.717, 1.165) is 12.0 Å². The van der Waals surface area contributed by atoms with Crippen molar-refractivity contribution in [1.29, 1.82) is 0 Å². The summed E-state index contributed by atoms with van der Waals surface area (Å²) in [5, 5.41) is 0. The van der Waals surface area contributed by atoms with Crippen molar-refractivity contribution >= 4 is 0 Å². The van der Waals surface area contributed by atoms with Crippen LogP contribution in [0.2, 0.25) is 0 Å². The Morgan fingerprint density at radius 3 is 2.43 bits per heavy atom. The molecule has 0 radical (unpaired) electrons. The van der Waals surface area contributed by atoms with E-state index in [1.54, 1.807) is 14.2 Å². The number of ether oxygens (including phenoxy) is 2. The second kappa shape index (κ2) is 5.75. The van der Waals surface area contributed by atoms with E-state index >= 15 is 0 Å². The number of nitrogens with two attached hydrogens (primary N) is 1. The Morgan fingerprint density at radius 2 is 1.86 bits per heavy atom. The van der Waals surface area contributed by atoms with Gasteiger partial charge in [-0.3, -0.25) is 0 Å². The molecule has 14 heavy (non-hydrogen) atoms. The molecule has 0 saturated carbocycles. The fourth-order valence-corrected chi connectivity index (χ4v) is 1.50. The molecule has 0 saturated heterocycles. The average molecular weight is 195 g/mol. The molecular formula is C11H17NO2. The average Bonchev–Trinajstić information content (AvgIpc) is 2.23. The summed E-state index contributed by atoms with van der Waals surface area (Å²) >= 11 is 0. The Bertz CT molecular complexity index is 272. The van der Waals surface area contributed by atoms with Crippen LogP contribution >= 0.6 is 0 Å². The van der Waals surface area contributed by atoms with Crippen LogP contribution in [0, 0.1) is 0 Å². The second-order valence-electron chi connectivity index (χ2n) is 3.04. The monoisotopic (exact) mass is 195 g/mol. The van der Waals surface area contributed by atoms with Crippen LogP contribution in [0.3, 0.4) is 0 Å². The molecule has 0 bridgehead atoms. The molecule has 2 N–H and O–H groups in total. The van der Waals surface area contributed by atoms with Gasteiger partial charge in [0.1, 0.15) is 0 Å². The van der Waals surface area contributed by atoms with Crippen molar-refractivity contribution in [1.82, 2.24) is 0 Å². The van der Waals surface area contributed by atoms with Gasteiger partial charge in [0.15, 0.2) is 6.29 Å². The molecule has 0 fully saturated rings. The highest BCUT2D eigenvalue weighted by molar-refractivity contribution is 5.28. The smallest absolute Gasteiger partial charge is 0.183 e. The molecule has 0 aromatic heterocycles. The number of methoxy groups -OCH3 is 2. The second-order valence-corrected chi connectivity index (χ2v) is 3.04. The molecule has 1 aromatic carbocycles. The molecule has 0 aliphatic rings. The zero-order valence-corrected chi connectivity index (χ0v) is 8.69. The predicted molar refractivity (Wildman–Crippen MR) is 56.0 cm³/mol. The van der Waals surface area contributed by atoms with Crippen molar-refractivity contribution < 1.29 is 9.47 Å². The Morgan fingerprint density at radius 1 is 1.21 bits per heavy atom. The first-order valence-corrected chi connectivity index (χ1v) is 4.67. The highest BCUT2D eigenvalue weighted by atomic mass is 16.7. The first-order chi connectivity index (χ1) is 6.83. The van der Waals surface area contributed by atoms with Crippen molar-refractivity contribution in [2.45, 2.75) is 12.7 Å². The highest BCUT2D eigenvalue weighted by Gasteiger charge is 2.12. The number of hydrogen-bond donors (Lipinski definition) is 1. The Kier molecular flexibility index (Phi) is 4.59. The fraction of sp³-hybridized carbons (Fsp3) is 0.455. The summed E-state index contributed by atoms with van der Waals surface area (Å²) in [6.07, 6.45) is 0.553. The molecule has 0 heterocycles. The van der Waals surface area contributed by atoms with Crippen LogP contribution in [0.4, 0.5) is 0 Å². The van der Waals surface area contributed by atoms with Gasteiger partial charge in [0.2, 0.25) is 0 Å². The van der Waals surface area contributed by atoms with Crippen LogP contribution in [0.5, 0.6) is 0 Å². The molecule has 0 unspecified atom stereocenters. The van der Waals surface area contributed by atoms with E-state index in [9.17, 15) is 0 Å². The minimum absolute atomic E-state index is 0.294. The van der Waals surface area contributed by atoms with E-state index < -0.39 is 0 Å². The summed E-state index contributed by atoms with van der Waals surface area (Å²) in [7, 11) is 3.26. The molecule has 3 heteroatoms. The third-order valence-corrected chi connectivity index (χ3v) is 2.15. The third-order valence-electron chi connectivity index (χ3n) is 2.15. The van der Waals surface area contributed by atoms with Crippen LogP contribution in [-0.4, -0.2) is 20.8 Å². The standard InChI is InChI=1S/C11H17NO2/c1-13-11(14-2)10-6-4-3-5-9(10)7-8-12/h3-6,11H,7-8,12H2,1-2H3. The van der Waals surface area contributed by atoms with Crippen molar-refractivity contribution in [2.24, 2.45) is 5.73 Å². The van der Waals surface area contributed by atoms with E-state index in [1.807, 2.05) is 24.3 Å². The van der Waals surface area contributed by atoms with Gasteiger partial charge in [-0.15, -0.1) is 0 Å². The topological polar surface area (TPSA) is 44.5 Å². The van der Waals surface area contributed by atoms with Crippen molar-refractivity contribution in [3.63, 3.8) is 0 Å². The molecular weight excluding hydrogens is 178 g/mol. The van der Waals surface area contributed by atoms with E-state index in [-0.39, 0.29) is 6.29 Å². The lowest BCUT2D eigenvalue weighted by atomic mass is 10.0. The molecule has 78 valence electrons. The summed E-state index contributed by atoms with van der Waals surface area (Å²) in [5.41, 5.74) is 7.77. The lowest BCUT2D eigenvalue weighted by Gasteiger charge is -2.17. The quantitative estimate of drug-likeness (QED) is 0.724. The summed E-state index contributed by atoms with van der Waals surface area (Å²) in [6.45, 7) is 0.636. The zero-order valence-electron chi connectivity index (χ0n) is 8.69. The Balaban J connectivity index is 2.92. The van der Waals surface area contributed by atoms with Gasteiger partial charge >= 0.3 is 0 Å². The van der Waals surface area contributed by atoms with Crippen LogP contribution in [-0.2, 0) is 15.9 Å². The first-order valence-electron chi connectivity index (χ1n) is 4.67. The number of benzene rings is 1. The lowest BCUT2D eigenvalue weighted by molar-refractivity contribution is -0.106. The summed E-state index contributed by atoms with van der Waals surface area (Å²) in [4.78, 5) is 0. The minimum atomic E-state index is -0.294. The lowest BCUT2D eigenvalue weighted by Crippen LogP contribution is -2.10. The fourth-order valence-electron chi connectivity index (χ4n) is 1.50. The van der Waals surface area contributed by atoms with Gasteiger partial charge in [0.25, 0.3) is 0 Å². The van der Waals surface area contributed by atoms with Gasteiger partial charge in [-0.1, -0.05) is 24.3 Å². The van der Waals surface area contributed by atoms with Gasteiger partial charge in [-0.05, 0) is 18.5 Å². The van der Waals surface area contributed by atoms with Crippen LogP contribution in [0.25, 0.3) is 0 Å². The Hall–Kier alpha value is -0.900. The summed E-state index contributed by atoms with van der Waals surface area (Å²) in [5.74, 6) is 0. The SMILES string of the molecule is COC(OC)c1ccccc1CCN. The van der Waals surface area contributed by atoms with Gasteiger partial charge < -0.3 is 15.2 Å². The maximum Gasteiger partial charge on any atom is 0.183 e. The molecule has 0 spiro atoms.